The topological polar surface area (TPSA) is 81.4 Å². The number of amides is 1. The number of carbonyl (C=O) groups excluding carboxylic acids is 1. The summed E-state index contributed by atoms with van der Waals surface area (Å²) in [5.41, 5.74) is 0.248. The minimum Gasteiger partial charge on any atom is -0.472 e. The highest BCUT2D eigenvalue weighted by Crippen LogP contribution is 2.27. The molecule has 0 bridgehead atoms. The summed E-state index contributed by atoms with van der Waals surface area (Å²) in [6.45, 7) is 7.19. The van der Waals surface area contributed by atoms with E-state index in [2.05, 4.69) is 15.2 Å². The van der Waals surface area contributed by atoms with Crippen LogP contribution in [-0.4, -0.2) is 44.7 Å². The van der Waals surface area contributed by atoms with E-state index in [1.807, 2.05) is 25.7 Å². The van der Waals surface area contributed by atoms with E-state index < -0.39 is 0 Å². The standard InChI is InChI=1S/C17H22N4O3/c1-17(2,3)24-14-10-13(4-7-18-14)16(22)21-8-5-12(6-9-21)15-20-19-11-23-15/h4,7,10-12H,5-6,8-9H2,1-3H3. The molecule has 1 aliphatic rings. The van der Waals surface area contributed by atoms with E-state index in [0.717, 1.165) is 12.8 Å². The van der Waals surface area contributed by atoms with Crippen molar-refractivity contribution in [1.82, 2.24) is 20.1 Å². The number of nitrogens with zero attached hydrogens (tertiary/aromatic N) is 4. The molecule has 0 saturated carbocycles. The largest absolute Gasteiger partial charge is 0.472 e. The van der Waals surface area contributed by atoms with Crippen molar-refractivity contribution >= 4 is 5.91 Å². The maximum Gasteiger partial charge on any atom is 0.254 e. The van der Waals surface area contributed by atoms with Gasteiger partial charge in [0.15, 0.2) is 0 Å². The van der Waals surface area contributed by atoms with Gasteiger partial charge in [-0.05, 0) is 39.7 Å². The molecule has 0 atom stereocenters. The minimum atomic E-state index is -0.350. The Morgan fingerprint density at radius 1 is 1.33 bits per heavy atom. The molecule has 0 N–H and O–H groups in total. The first-order chi connectivity index (χ1) is 11.4. The second-order valence-electron chi connectivity index (χ2n) is 6.94. The molecular weight excluding hydrogens is 308 g/mol. The molecule has 0 spiro atoms. The number of hydrogen-bond acceptors (Lipinski definition) is 6. The second kappa shape index (κ2) is 6.59. The molecule has 1 aliphatic heterocycles. The van der Waals surface area contributed by atoms with Crippen LogP contribution in [-0.2, 0) is 0 Å². The van der Waals surface area contributed by atoms with Gasteiger partial charge in [-0.1, -0.05) is 0 Å². The Kier molecular flexibility index (Phi) is 4.51. The van der Waals surface area contributed by atoms with Crippen molar-refractivity contribution < 1.29 is 13.9 Å². The summed E-state index contributed by atoms with van der Waals surface area (Å²) in [7, 11) is 0. The molecule has 2 aromatic heterocycles. The zero-order valence-corrected chi connectivity index (χ0v) is 14.2. The number of pyridine rings is 1. The summed E-state index contributed by atoms with van der Waals surface area (Å²) < 4.78 is 11.0. The zero-order valence-electron chi connectivity index (χ0n) is 14.2. The number of ether oxygens (including phenoxy) is 1. The zero-order chi connectivity index (χ0) is 17.2. The molecule has 0 radical (unpaired) electrons. The van der Waals surface area contributed by atoms with Gasteiger partial charge in [-0.3, -0.25) is 4.79 Å². The van der Waals surface area contributed by atoms with Crippen LogP contribution in [0.4, 0.5) is 0 Å². The fourth-order valence-corrected chi connectivity index (χ4v) is 2.78. The Bertz CT molecular complexity index is 686. The Morgan fingerprint density at radius 2 is 2.08 bits per heavy atom. The summed E-state index contributed by atoms with van der Waals surface area (Å²) in [5.74, 6) is 1.36. The van der Waals surface area contributed by atoms with Crippen LogP contribution in [0.1, 0.15) is 55.8 Å². The predicted octanol–water partition coefficient (Wildman–Crippen LogP) is 2.66. The van der Waals surface area contributed by atoms with Crippen LogP contribution in [0, 0.1) is 0 Å². The summed E-state index contributed by atoms with van der Waals surface area (Å²) in [5, 5.41) is 7.69. The Labute approximate surface area is 141 Å². The van der Waals surface area contributed by atoms with Gasteiger partial charge < -0.3 is 14.1 Å². The van der Waals surface area contributed by atoms with E-state index in [1.54, 1.807) is 18.3 Å². The van der Waals surface area contributed by atoms with Crippen molar-refractivity contribution in [2.75, 3.05) is 13.1 Å². The second-order valence-corrected chi connectivity index (χ2v) is 6.94. The third kappa shape index (κ3) is 3.90. The third-order valence-corrected chi connectivity index (χ3v) is 3.90. The van der Waals surface area contributed by atoms with E-state index in [1.165, 1.54) is 6.39 Å². The van der Waals surface area contributed by atoms with Crippen LogP contribution < -0.4 is 4.74 Å². The molecule has 1 saturated heterocycles. The summed E-state index contributed by atoms with van der Waals surface area (Å²) in [6, 6.07) is 3.43. The first-order valence-electron chi connectivity index (χ1n) is 8.13. The van der Waals surface area contributed by atoms with Crippen LogP contribution in [0.5, 0.6) is 5.88 Å². The molecule has 2 aromatic rings. The van der Waals surface area contributed by atoms with Crippen molar-refractivity contribution in [1.29, 1.82) is 0 Å². The maximum atomic E-state index is 12.7. The number of likely N-dealkylation sites (tertiary alicyclic amines) is 1. The quantitative estimate of drug-likeness (QED) is 0.860. The van der Waals surface area contributed by atoms with Gasteiger partial charge in [0, 0.05) is 36.8 Å². The van der Waals surface area contributed by atoms with Gasteiger partial charge in [0.05, 0.1) is 0 Å². The number of piperidine rings is 1. The lowest BCUT2D eigenvalue weighted by atomic mass is 9.96. The first-order valence-corrected chi connectivity index (χ1v) is 8.13. The van der Waals surface area contributed by atoms with Crippen LogP contribution in [0.3, 0.4) is 0 Å². The fraction of sp³-hybridized carbons (Fsp3) is 0.529. The highest BCUT2D eigenvalue weighted by atomic mass is 16.5. The molecule has 7 nitrogen and oxygen atoms in total. The number of carbonyl (C=O) groups is 1. The summed E-state index contributed by atoms with van der Waals surface area (Å²) >= 11 is 0. The number of rotatable bonds is 3. The molecule has 7 heteroatoms. The molecule has 1 fully saturated rings. The van der Waals surface area contributed by atoms with Crippen molar-refractivity contribution in [2.24, 2.45) is 0 Å². The van der Waals surface area contributed by atoms with Crippen molar-refractivity contribution in [2.45, 2.75) is 45.1 Å². The molecule has 3 rings (SSSR count). The van der Waals surface area contributed by atoms with Crippen LogP contribution >= 0.6 is 0 Å². The lowest BCUT2D eigenvalue weighted by molar-refractivity contribution is 0.0703. The van der Waals surface area contributed by atoms with Gasteiger partial charge in [-0.2, -0.15) is 0 Å². The van der Waals surface area contributed by atoms with Gasteiger partial charge in [0.25, 0.3) is 5.91 Å². The third-order valence-electron chi connectivity index (χ3n) is 3.90. The maximum absolute atomic E-state index is 12.7. The van der Waals surface area contributed by atoms with E-state index in [-0.39, 0.29) is 17.4 Å². The van der Waals surface area contributed by atoms with Gasteiger partial charge in [0.1, 0.15) is 5.60 Å². The van der Waals surface area contributed by atoms with Gasteiger partial charge in [-0.25, -0.2) is 4.98 Å². The summed E-state index contributed by atoms with van der Waals surface area (Å²) in [6.07, 6.45) is 4.61. The van der Waals surface area contributed by atoms with Crippen molar-refractivity contribution in [3.8, 4) is 5.88 Å². The Morgan fingerprint density at radius 3 is 2.71 bits per heavy atom. The molecule has 0 aliphatic carbocycles. The molecule has 24 heavy (non-hydrogen) atoms. The number of hydrogen-bond donors (Lipinski definition) is 0. The highest BCUT2D eigenvalue weighted by Gasteiger charge is 2.27. The first kappa shape index (κ1) is 16.4. The van der Waals surface area contributed by atoms with Crippen LogP contribution in [0.2, 0.25) is 0 Å². The predicted molar refractivity (Wildman–Crippen MR) is 86.8 cm³/mol. The SMILES string of the molecule is CC(C)(C)Oc1cc(C(=O)N2CCC(c3nnco3)CC2)ccn1. The Hall–Kier alpha value is -2.44. The van der Waals surface area contributed by atoms with E-state index in [4.69, 9.17) is 9.15 Å². The molecule has 3 heterocycles. The highest BCUT2D eigenvalue weighted by molar-refractivity contribution is 5.94. The monoisotopic (exact) mass is 330 g/mol. The molecule has 1 amide bonds. The average molecular weight is 330 g/mol. The molecule has 0 aromatic carbocycles. The molecule has 128 valence electrons. The summed E-state index contributed by atoms with van der Waals surface area (Å²) in [4.78, 5) is 18.7. The smallest absolute Gasteiger partial charge is 0.254 e. The number of aromatic nitrogens is 3. The fourth-order valence-electron chi connectivity index (χ4n) is 2.78. The Balaban J connectivity index is 1.64. The molecule has 0 unspecified atom stereocenters. The van der Waals surface area contributed by atoms with Gasteiger partial charge >= 0.3 is 0 Å². The lowest BCUT2D eigenvalue weighted by Crippen LogP contribution is -2.38. The van der Waals surface area contributed by atoms with Crippen LogP contribution in [0.25, 0.3) is 0 Å². The van der Waals surface area contributed by atoms with Gasteiger partial charge in [-0.15, -0.1) is 10.2 Å². The van der Waals surface area contributed by atoms with Crippen molar-refractivity contribution in [3.05, 3.63) is 36.2 Å². The average Bonchev–Trinajstić information content (AvgIpc) is 3.07. The lowest BCUT2D eigenvalue weighted by Gasteiger charge is -2.30. The van der Waals surface area contributed by atoms with E-state index in [0.29, 0.717) is 30.4 Å². The van der Waals surface area contributed by atoms with Crippen LogP contribution in [0.15, 0.2) is 29.1 Å². The molecular formula is C17H22N4O3. The van der Waals surface area contributed by atoms with Crippen molar-refractivity contribution in [3.63, 3.8) is 0 Å². The van der Waals surface area contributed by atoms with Gasteiger partial charge in [0.2, 0.25) is 18.2 Å². The minimum absolute atomic E-state index is 0.000128. The van der Waals surface area contributed by atoms with E-state index >= 15 is 0 Å². The normalized spacial score (nSPS) is 16.2. The van der Waals surface area contributed by atoms with E-state index in [9.17, 15) is 4.79 Å².